The Bertz CT molecular complexity index is 104. The van der Waals surface area contributed by atoms with Crippen LogP contribution >= 0.6 is 0 Å². The van der Waals surface area contributed by atoms with Gasteiger partial charge in [0.05, 0.1) is 6.04 Å². The van der Waals surface area contributed by atoms with Crippen LogP contribution in [-0.4, -0.2) is 12.3 Å². The van der Waals surface area contributed by atoms with Gasteiger partial charge in [-0.1, -0.05) is 19.3 Å². The van der Waals surface area contributed by atoms with E-state index in [4.69, 9.17) is 5.73 Å². The molecule has 0 radical (unpaired) electrons. The molecule has 54 valence electrons. The third kappa shape index (κ3) is 1.79. The summed E-state index contributed by atoms with van der Waals surface area (Å²) in [5, 5.41) is 0. The van der Waals surface area contributed by atoms with Gasteiger partial charge < -0.3 is 10.5 Å². The number of hydrogen-bond donors (Lipinski definition) is 1. The van der Waals surface area contributed by atoms with Crippen LogP contribution in [-0.2, 0) is 4.79 Å². The maximum atomic E-state index is 10.1. The van der Waals surface area contributed by atoms with Crippen molar-refractivity contribution in [1.29, 1.82) is 0 Å². The Morgan fingerprint density at radius 1 is 1.78 bits per heavy atom. The monoisotopic (exact) mass is 129 g/mol. The Morgan fingerprint density at radius 2 is 2.44 bits per heavy atom. The number of aldehydes is 1. The van der Waals surface area contributed by atoms with Crippen molar-refractivity contribution in [2.75, 3.05) is 0 Å². The van der Waals surface area contributed by atoms with Crippen LogP contribution in [0.3, 0.4) is 0 Å². The van der Waals surface area contributed by atoms with Gasteiger partial charge in [-0.2, -0.15) is 0 Å². The quantitative estimate of drug-likeness (QED) is 0.576. The zero-order valence-corrected chi connectivity index (χ0v) is 5.55. The maximum absolute atomic E-state index is 10.1. The number of carbonyl (C=O) groups excluding carboxylic acids is 1. The van der Waals surface area contributed by atoms with E-state index >= 15 is 0 Å². The molecule has 1 aliphatic rings. The van der Waals surface area contributed by atoms with Crippen molar-refractivity contribution in [1.82, 2.24) is 0 Å². The molecule has 0 bridgehead atoms. The lowest BCUT2D eigenvalue weighted by Crippen LogP contribution is -2.27. The largest absolute Gasteiger partial charge is 0.322 e. The van der Waals surface area contributed by atoms with Crippen molar-refractivity contribution in [3.63, 3.8) is 0 Å². The lowest BCUT2D eigenvalue weighted by atomic mass is 9.81. The summed E-state index contributed by atoms with van der Waals surface area (Å²) in [7, 11) is 0. The van der Waals surface area contributed by atoms with Crippen LogP contribution in [0.2, 0.25) is 0 Å². The van der Waals surface area contributed by atoms with Gasteiger partial charge in [0.2, 0.25) is 0 Å². The fraction of sp³-hybridized carbons (Fsp3) is 0.857. The van der Waals surface area contributed by atoms with E-state index in [0.29, 0.717) is 0 Å². The summed E-state index contributed by atoms with van der Waals surface area (Å²) >= 11 is 0. The molecule has 2 nitrogen and oxygen atoms in total. The van der Waals surface area contributed by atoms with E-state index in [-0.39, 0.29) is 7.47 Å². The highest BCUT2D eigenvalue weighted by atomic mass is 16.1. The second-order valence-corrected chi connectivity index (χ2v) is 2.83. The molecule has 1 fully saturated rings. The first-order valence-electron chi connectivity index (χ1n) is 3.54. The van der Waals surface area contributed by atoms with Gasteiger partial charge in [0.15, 0.2) is 0 Å². The predicted octanol–water partition coefficient (Wildman–Crippen LogP) is 0.949. The first-order valence-corrected chi connectivity index (χ1v) is 3.54. The van der Waals surface area contributed by atoms with Crippen LogP contribution < -0.4 is 5.73 Å². The van der Waals surface area contributed by atoms with Crippen molar-refractivity contribution in [2.24, 2.45) is 11.7 Å². The zero-order chi connectivity index (χ0) is 6.69. The van der Waals surface area contributed by atoms with Crippen LogP contribution in [0.15, 0.2) is 0 Å². The summed E-state index contributed by atoms with van der Waals surface area (Å²) in [6.07, 6.45) is 5.64. The summed E-state index contributed by atoms with van der Waals surface area (Å²) in [5.74, 6) is 0.755. The summed E-state index contributed by atoms with van der Waals surface area (Å²) in [6.45, 7) is 0. The molecule has 0 heterocycles. The standard InChI is InChI=1S/C7H13NO.H2/c8-7(5-9)4-6-2-1-3-6;/h5-7H,1-4,8H2;1H/t7-;/m0./s1. The molecule has 0 saturated heterocycles. The second kappa shape index (κ2) is 2.97. The molecule has 0 aromatic rings. The Hall–Kier alpha value is -0.370. The zero-order valence-electron chi connectivity index (χ0n) is 5.55. The molecule has 0 aliphatic heterocycles. The van der Waals surface area contributed by atoms with Gasteiger partial charge >= 0.3 is 0 Å². The van der Waals surface area contributed by atoms with Crippen LogP contribution in [0.4, 0.5) is 0 Å². The highest BCUT2D eigenvalue weighted by Gasteiger charge is 2.19. The molecule has 1 atom stereocenters. The van der Waals surface area contributed by atoms with E-state index in [1.54, 1.807) is 0 Å². The lowest BCUT2D eigenvalue weighted by molar-refractivity contribution is -0.109. The maximum Gasteiger partial charge on any atom is 0.136 e. The minimum absolute atomic E-state index is 0. The van der Waals surface area contributed by atoms with Crippen molar-refractivity contribution in [3.05, 3.63) is 0 Å². The van der Waals surface area contributed by atoms with Gasteiger partial charge in [-0.15, -0.1) is 0 Å². The van der Waals surface area contributed by atoms with Crippen LogP contribution in [0.25, 0.3) is 0 Å². The van der Waals surface area contributed by atoms with Gasteiger partial charge in [0.1, 0.15) is 6.29 Å². The highest BCUT2D eigenvalue weighted by molar-refractivity contribution is 5.56. The molecule has 0 aromatic heterocycles. The summed E-state index contributed by atoms with van der Waals surface area (Å²) < 4.78 is 0. The Balaban J connectivity index is 0.000000810. The Kier molecular flexibility index (Phi) is 2.22. The molecule has 0 spiro atoms. The molecule has 1 aliphatic carbocycles. The van der Waals surface area contributed by atoms with E-state index in [1.807, 2.05) is 0 Å². The number of nitrogens with two attached hydrogens (primary N) is 1. The van der Waals surface area contributed by atoms with Crippen molar-refractivity contribution < 1.29 is 6.22 Å². The SMILES string of the molecule is N[C@H](C=O)CC1CCC1.[HH]. The minimum atomic E-state index is -0.199. The highest BCUT2D eigenvalue weighted by Crippen LogP contribution is 2.29. The molecule has 2 heteroatoms. The Labute approximate surface area is 56.9 Å². The van der Waals surface area contributed by atoms with E-state index in [0.717, 1.165) is 18.6 Å². The molecule has 1 saturated carbocycles. The first kappa shape index (κ1) is 6.75. The van der Waals surface area contributed by atoms with Gasteiger partial charge in [-0.25, -0.2) is 0 Å². The lowest BCUT2D eigenvalue weighted by Gasteiger charge is -2.26. The topological polar surface area (TPSA) is 43.1 Å². The van der Waals surface area contributed by atoms with E-state index < -0.39 is 0 Å². The normalized spacial score (nSPS) is 22.8. The predicted molar refractivity (Wildman–Crippen MR) is 38.1 cm³/mol. The number of hydrogen-bond acceptors (Lipinski definition) is 2. The van der Waals surface area contributed by atoms with E-state index in [1.165, 1.54) is 19.3 Å². The molecule has 0 unspecified atom stereocenters. The fourth-order valence-corrected chi connectivity index (χ4v) is 1.17. The summed E-state index contributed by atoms with van der Waals surface area (Å²) in [6, 6.07) is -0.199. The fourth-order valence-electron chi connectivity index (χ4n) is 1.17. The summed E-state index contributed by atoms with van der Waals surface area (Å²) in [4.78, 5) is 10.1. The average Bonchev–Trinajstić information content (AvgIpc) is 1.78. The molecular weight excluding hydrogens is 114 g/mol. The Morgan fingerprint density at radius 3 is 2.78 bits per heavy atom. The minimum Gasteiger partial charge on any atom is -0.322 e. The molecular formula is C7H15NO. The third-order valence-electron chi connectivity index (χ3n) is 2.01. The van der Waals surface area contributed by atoms with Crippen molar-refractivity contribution in [3.8, 4) is 0 Å². The van der Waals surface area contributed by atoms with Crippen LogP contribution in [0, 0.1) is 5.92 Å². The van der Waals surface area contributed by atoms with Gasteiger partial charge in [-0.05, 0) is 12.3 Å². The second-order valence-electron chi connectivity index (χ2n) is 2.83. The van der Waals surface area contributed by atoms with Crippen molar-refractivity contribution >= 4 is 6.29 Å². The van der Waals surface area contributed by atoms with E-state index in [9.17, 15) is 4.79 Å². The number of rotatable bonds is 3. The molecule has 2 N–H and O–H groups in total. The first-order chi connectivity index (χ1) is 4.33. The number of carbonyl (C=O) groups is 1. The van der Waals surface area contributed by atoms with Crippen LogP contribution in [0.5, 0.6) is 0 Å². The average molecular weight is 129 g/mol. The van der Waals surface area contributed by atoms with Gasteiger partial charge in [0.25, 0.3) is 0 Å². The van der Waals surface area contributed by atoms with Crippen LogP contribution in [0.1, 0.15) is 27.1 Å². The van der Waals surface area contributed by atoms with Gasteiger partial charge in [0, 0.05) is 1.43 Å². The molecule has 0 amide bonds. The smallest absolute Gasteiger partial charge is 0.136 e. The van der Waals surface area contributed by atoms with Gasteiger partial charge in [-0.3, -0.25) is 0 Å². The molecule has 0 aromatic carbocycles. The molecule has 1 rings (SSSR count). The third-order valence-corrected chi connectivity index (χ3v) is 2.01. The molecule has 9 heavy (non-hydrogen) atoms. The summed E-state index contributed by atoms with van der Waals surface area (Å²) in [5.41, 5.74) is 5.42. The van der Waals surface area contributed by atoms with E-state index in [2.05, 4.69) is 0 Å². The van der Waals surface area contributed by atoms with Crippen molar-refractivity contribution in [2.45, 2.75) is 31.7 Å².